The monoisotopic (exact) mass is 529 g/mol. The van der Waals surface area contributed by atoms with E-state index in [1.165, 1.54) is 11.0 Å². The zero-order valence-corrected chi connectivity index (χ0v) is 22.0. The van der Waals surface area contributed by atoms with Gasteiger partial charge in [0.15, 0.2) is 11.6 Å². The molecule has 3 aromatic rings. The SMILES string of the molecule is CC1=CC(=O)C2=C(C[C@@H]3C(=CC[C@@H]4C(=O)N(Cc5ccccc5)C(=O)[C@@H]43)[C@@H]2c2ccc3ccccc3c2O)C1=O. The van der Waals surface area contributed by atoms with Crippen molar-refractivity contribution in [2.45, 2.75) is 32.2 Å². The van der Waals surface area contributed by atoms with E-state index in [-0.39, 0.29) is 42.1 Å². The maximum absolute atomic E-state index is 13.9. The number of nitrogens with zero attached hydrogens (tertiary/aromatic N) is 1. The van der Waals surface area contributed by atoms with Crippen molar-refractivity contribution in [2.75, 3.05) is 0 Å². The Balaban J connectivity index is 1.37. The second-order valence-corrected chi connectivity index (χ2v) is 11.2. The summed E-state index contributed by atoms with van der Waals surface area (Å²) in [5.74, 6) is -3.05. The molecule has 0 spiro atoms. The summed E-state index contributed by atoms with van der Waals surface area (Å²) >= 11 is 0. The van der Waals surface area contributed by atoms with Crippen molar-refractivity contribution >= 4 is 34.2 Å². The first-order chi connectivity index (χ1) is 19.3. The van der Waals surface area contributed by atoms with Gasteiger partial charge < -0.3 is 5.11 Å². The lowest BCUT2D eigenvalue weighted by molar-refractivity contribution is -0.140. The van der Waals surface area contributed by atoms with Crippen LogP contribution in [0.15, 0.2) is 101 Å². The molecule has 0 unspecified atom stereocenters. The minimum atomic E-state index is -0.675. The number of fused-ring (bicyclic) bond motifs is 4. The average Bonchev–Trinajstić information content (AvgIpc) is 3.21. The quantitative estimate of drug-likeness (QED) is 0.287. The highest BCUT2D eigenvalue weighted by Crippen LogP contribution is 2.56. The number of carbonyl (C=O) groups is 4. The third kappa shape index (κ3) is 3.48. The van der Waals surface area contributed by atoms with Gasteiger partial charge in [0, 0.05) is 33.6 Å². The number of allylic oxidation sites excluding steroid dienone is 6. The van der Waals surface area contributed by atoms with Gasteiger partial charge in [-0.05, 0) is 42.7 Å². The fourth-order valence-electron chi connectivity index (χ4n) is 7.23. The third-order valence-electron chi connectivity index (χ3n) is 9.08. The maximum atomic E-state index is 13.9. The highest BCUT2D eigenvalue weighted by atomic mass is 16.3. The van der Waals surface area contributed by atoms with Crippen LogP contribution in [0.3, 0.4) is 0 Å². The molecule has 40 heavy (non-hydrogen) atoms. The number of imide groups is 1. The Morgan fingerprint density at radius 2 is 1.62 bits per heavy atom. The average molecular weight is 530 g/mol. The van der Waals surface area contributed by atoms with E-state index in [0.717, 1.165) is 16.5 Å². The molecule has 3 aliphatic carbocycles. The largest absolute Gasteiger partial charge is 0.507 e. The first-order valence-electron chi connectivity index (χ1n) is 13.6. The van der Waals surface area contributed by atoms with E-state index in [1.807, 2.05) is 72.8 Å². The summed E-state index contributed by atoms with van der Waals surface area (Å²) < 4.78 is 0. The van der Waals surface area contributed by atoms with Crippen molar-refractivity contribution in [3.05, 3.63) is 112 Å². The molecule has 198 valence electrons. The van der Waals surface area contributed by atoms with Crippen LogP contribution in [0.25, 0.3) is 10.8 Å². The summed E-state index contributed by atoms with van der Waals surface area (Å²) in [5, 5.41) is 13.0. The van der Waals surface area contributed by atoms with Gasteiger partial charge in [-0.25, -0.2) is 0 Å². The number of ketones is 2. The smallest absolute Gasteiger partial charge is 0.234 e. The lowest BCUT2D eigenvalue weighted by atomic mass is 9.59. The van der Waals surface area contributed by atoms with Crippen LogP contribution in [0.5, 0.6) is 5.75 Å². The summed E-state index contributed by atoms with van der Waals surface area (Å²) in [6, 6.07) is 20.6. The number of rotatable bonds is 3. The lowest BCUT2D eigenvalue weighted by Gasteiger charge is -2.42. The van der Waals surface area contributed by atoms with Crippen LogP contribution in [0.4, 0.5) is 0 Å². The molecule has 1 fully saturated rings. The molecule has 1 N–H and O–H groups in total. The minimum absolute atomic E-state index is 0.0599. The van der Waals surface area contributed by atoms with Crippen LogP contribution >= 0.6 is 0 Å². The van der Waals surface area contributed by atoms with Gasteiger partial charge in [-0.3, -0.25) is 24.1 Å². The van der Waals surface area contributed by atoms with E-state index in [4.69, 9.17) is 0 Å². The number of benzene rings is 3. The maximum Gasteiger partial charge on any atom is 0.234 e. The molecule has 7 rings (SSSR count). The molecule has 6 heteroatoms. The van der Waals surface area contributed by atoms with Crippen molar-refractivity contribution in [2.24, 2.45) is 17.8 Å². The van der Waals surface area contributed by atoms with E-state index < -0.39 is 23.7 Å². The molecule has 0 aromatic heterocycles. The van der Waals surface area contributed by atoms with Crippen LogP contribution in [-0.2, 0) is 25.7 Å². The standard InChI is InChI=1S/C34H27NO5/c1-18-15-27(36)30-26(31(18)37)16-25-22(28(30)23-12-11-20-9-5-6-10-21(20)32(23)38)13-14-24-29(25)34(40)35(33(24)39)17-19-7-3-2-4-8-19/h2-13,15,24-25,28-29,38H,14,16-17H2,1H3/t24-,25+,28+,29-/m0/s1. The lowest BCUT2D eigenvalue weighted by Crippen LogP contribution is -2.39. The Morgan fingerprint density at radius 3 is 2.42 bits per heavy atom. The summed E-state index contributed by atoms with van der Waals surface area (Å²) in [7, 11) is 0. The third-order valence-corrected chi connectivity index (χ3v) is 9.08. The van der Waals surface area contributed by atoms with Crippen LogP contribution in [-0.4, -0.2) is 33.4 Å². The van der Waals surface area contributed by atoms with Crippen LogP contribution < -0.4 is 0 Å². The van der Waals surface area contributed by atoms with Gasteiger partial charge in [0.05, 0.1) is 18.4 Å². The molecule has 1 heterocycles. The molecule has 4 aliphatic rings. The minimum Gasteiger partial charge on any atom is -0.507 e. The van der Waals surface area contributed by atoms with Crippen molar-refractivity contribution < 1.29 is 24.3 Å². The van der Waals surface area contributed by atoms with Gasteiger partial charge >= 0.3 is 0 Å². The molecule has 0 bridgehead atoms. The Labute approximate surface area is 231 Å². The van der Waals surface area contributed by atoms with Crippen molar-refractivity contribution in [1.29, 1.82) is 0 Å². The topological polar surface area (TPSA) is 91.8 Å². The highest BCUT2D eigenvalue weighted by molar-refractivity contribution is 6.24. The van der Waals surface area contributed by atoms with Gasteiger partial charge in [0.1, 0.15) is 5.75 Å². The molecule has 3 aromatic carbocycles. The number of carbonyl (C=O) groups excluding carboxylic acids is 4. The Hall–Kier alpha value is -4.58. The summed E-state index contributed by atoms with van der Waals surface area (Å²) in [6.07, 6.45) is 3.96. The number of phenols is 1. The van der Waals surface area contributed by atoms with E-state index in [1.54, 1.807) is 6.92 Å². The van der Waals surface area contributed by atoms with E-state index >= 15 is 0 Å². The Bertz CT molecular complexity index is 1740. The molecule has 6 nitrogen and oxygen atoms in total. The zero-order valence-electron chi connectivity index (χ0n) is 22.0. The van der Waals surface area contributed by atoms with Crippen LogP contribution in [0.2, 0.25) is 0 Å². The number of hydrogen-bond donors (Lipinski definition) is 1. The molecule has 0 saturated carbocycles. The van der Waals surface area contributed by atoms with E-state index in [0.29, 0.717) is 34.1 Å². The second kappa shape index (κ2) is 8.98. The second-order valence-electron chi connectivity index (χ2n) is 11.2. The van der Waals surface area contributed by atoms with Gasteiger partial charge in [-0.2, -0.15) is 0 Å². The van der Waals surface area contributed by atoms with Crippen LogP contribution in [0.1, 0.15) is 36.8 Å². The van der Waals surface area contributed by atoms with E-state index in [2.05, 4.69) is 0 Å². The fourth-order valence-corrected chi connectivity index (χ4v) is 7.23. The number of likely N-dealkylation sites (tertiary alicyclic amines) is 1. The number of phenolic OH excluding ortho intramolecular Hbond substituents is 1. The molecule has 4 atom stereocenters. The first kappa shape index (κ1) is 24.5. The molecular formula is C34H27NO5. The van der Waals surface area contributed by atoms with Gasteiger partial charge in [-0.1, -0.05) is 78.4 Å². The zero-order chi connectivity index (χ0) is 27.7. The fraction of sp³-hybridized carbons (Fsp3) is 0.235. The summed E-state index contributed by atoms with van der Waals surface area (Å²) in [6.45, 7) is 1.84. The number of Topliss-reactive ketones (excluding diaryl/α,β-unsaturated/α-hetero) is 1. The molecule has 1 aliphatic heterocycles. The van der Waals surface area contributed by atoms with Crippen molar-refractivity contribution in [3.8, 4) is 5.75 Å². The molecule has 1 saturated heterocycles. The molecular weight excluding hydrogens is 502 g/mol. The number of amides is 2. The Morgan fingerprint density at radius 1 is 0.875 bits per heavy atom. The summed E-state index contributed by atoms with van der Waals surface area (Å²) in [4.78, 5) is 55.8. The predicted octanol–water partition coefficient (Wildman–Crippen LogP) is 5.18. The molecule has 0 radical (unpaired) electrons. The normalized spacial score (nSPS) is 26.0. The van der Waals surface area contributed by atoms with Gasteiger partial charge in [-0.15, -0.1) is 0 Å². The first-order valence-corrected chi connectivity index (χ1v) is 13.6. The van der Waals surface area contributed by atoms with Crippen molar-refractivity contribution in [3.63, 3.8) is 0 Å². The van der Waals surface area contributed by atoms with Crippen LogP contribution in [0, 0.1) is 17.8 Å². The summed E-state index contributed by atoms with van der Waals surface area (Å²) in [5.41, 5.74) is 3.38. The van der Waals surface area contributed by atoms with E-state index in [9.17, 15) is 24.3 Å². The Kier molecular flexibility index (Phi) is 5.49. The van der Waals surface area contributed by atoms with Gasteiger partial charge in [0.2, 0.25) is 11.8 Å². The highest BCUT2D eigenvalue weighted by Gasteiger charge is 2.56. The molecule has 2 amide bonds. The number of aromatic hydroxyl groups is 1. The number of hydrogen-bond acceptors (Lipinski definition) is 5. The van der Waals surface area contributed by atoms with Gasteiger partial charge in [0.25, 0.3) is 0 Å². The predicted molar refractivity (Wildman–Crippen MR) is 149 cm³/mol. The van der Waals surface area contributed by atoms with Crippen molar-refractivity contribution in [1.82, 2.24) is 4.90 Å².